The molecule has 2 N–H and O–H groups in total. The summed E-state index contributed by atoms with van der Waals surface area (Å²) in [6.07, 6.45) is 6.40. The molecule has 1 aromatic rings. The van der Waals surface area contributed by atoms with Gasteiger partial charge in [-0.15, -0.1) is 13.2 Å². The Morgan fingerprint density at radius 2 is 1.88 bits per heavy atom. The quantitative estimate of drug-likeness (QED) is 0.444. The molecule has 0 atom stereocenters. The fourth-order valence-electron chi connectivity index (χ4n) is 2.44. The Hall–Kier alpha value is -1.89. The third-order valence-corrected chi connectivity index (χ3v) is 4.88. The number of benzene rings is 1. The van der Waals surface area contributed by atoms with E-state index in [1.165, 1.54) is 16.7 Å². The van der Waals surface area contributed by atoms with Crippen LogP contribution in [0.3, 0.4) is 0 Å². The molecule has 126 valence electrons. The second kappa shape index (κ2) is 8.28. The molecule has 1 fully saturated rings. The summed E-state index contributed by atoms with van der Waals surface area (Å²) in [6, 6.07) is 3.74. The minimum Gasteiger partial charge on any atom is -0.507 e. The zero-order chi connectivity index (χ0) is 17.7. The number of rotatable bonds is 7. The number of thiocarbonyl (C=S) groups is 1. The monoisotopic (exact) mass is 360 g/mol. The summed E-state index contributed by atoms with van der Waals surface area (Å²) in [5, 5.41) is 13.3. The first-order valence-electron chi connectivity index (χ1n) is 7.48. The Labute approximate surface area is 151 Å². The molecular formula is C18H20N2O2S2. The van der Waals surface area contributed by atoms with Crippen molar-refractivity contribution in [3.63, 3.8) is 0 Å². The smallest absolute Gasteiger partial charge is 0.267 e. The molecule has 0 bridgehead atoms. The standard InChI is InChI=1S/C18H20N2O2S2/c1-4-6-13-8-12(9-14(7-5-2)16(13)21)10-15-17(22)20(11-19-3)18(23)24-15/h4-5,8-10,19,21H,1-2,6-7,11H2,3H3. The largest absolute Gasteiger partial charge is 0.507 e. The van der Waals surface area contributed by atoms with Crippen molar-refractivity contribution in [2.24, 2.45) is 0 Å². The van der Waals surface area contributed by atoms with Crippen molar-refractivity contribution >= 4 is 40.3 Å². The number of allylic oxidation sites excluding steroid dienone is 2. The van der Waals surface area contributed by atoms with Crippen LogP contribution in [0.4, 0.5) is 0 Å². The molecule has 1 amide bonds. The second-order valence-electron chi connectivity index (χ2n) is 5.29. The molecule has 2 rings (SSSR count). The number of phenols is 1. The third-order valence-electron chi connectivity index (χ3n) is 3.51. The van der Waals surface area contributed by atoms with E-state index in [1.807, 2.05) is 18.2 Å². The van der Waals surface area contributed by atoms with E-state index in [0.717, 1.165) is 16.7 Å². The van der Waals surface area contributed by atoms with Gasteiger partial charge in [0.05, 0.1) is 11.6 Å². The molecule has 1 aromatic carbocycles. The summed E-state index contributed by atoms with van der Waals surface area (Å²) in [5.74, 6) is 0.151. The predicted molar refractivity (Wildman–Crippen MR) is 105 cm³/mol. The number of hydrogen-bond acceptors (Lipinski definition) is 5. The lowest BCUT2D eigenvalue weighted by Gasteiger charge is -2.12. The van der Waals surface area contributed by atoms with Gasteiger partial charge in [-0.3, -0.25) is 9.69 Å². The van der Waals surface area contributed by atoms with Crippen molar-refractivity contribution in [3.8, 4) is 5.75 Å². The van der Waals surface area contributed by atoms with Crippen molar-refractivity contribution in [1.29, 1.82) is 0 Å². The van der Waals surface area contributed by atoms with Gasteiger partial charge in [0.1, 0.15) is 10.1 Å². The maximum absolute atomic E-state index is 12.4. The fourth-order valence-corrected chi connectivity index (χ4v) is 3.69. The Morgan fingerprint density at radius 1 is 1.29 bits per heavy atom. The van der Waals surface area contributed by atoms with Crippen LogP contribution in [0.2, 0.25) is 0 Å². The van der Waals surface area contributed by atoms with E-state index in [1.54, 1.807) is 19.2 Å². The topological polar surface area (TPSA) is 52.6 Å². The predicted octanol–water partition coefficient (Wildman–Crippen LogP) is 3.23. The summed E-state index contributed by atoms with van der Waals surface area (Å²) < 4.78 is 0.539. The van der Waals surface area contributed by atoms with Crippen molar-refractivity contribution in [2.45, 2.75) is 12.8 Å². The molecule has 0 spiro atoms. The molecule has 1 aliphatic heterocycles. The number of carbonyl (C=O) groups excluding carboxylic acids is 1. The number of nitrogens with zero attached hydrogens (tertiary/aromatic N) is 1. The average Bonchev–Trinajstić information content (AvgIpc) is 2.80. The first-order chi connectivity index (χ1) is 11.5. The van der Waals surface area contributed by atoms with Crippen LogP contribution in [0.25, 0.3) is 6.08 Å². The van der Waals surface area contributed by atoms with Gasteiger partial charge in [0.15, 0.2) is 0 Å². The molecule has 24 heavy (non-hydrogen) atoms. The molecule has 6 heteroatoms. The average molecular weight is 361 g/mol. The SMILES string of the molecule is C=CCc1cc(C=C2SC(=S)N(CNC)C2=O)cc(CC=C)c1O. The van der Waals surface area contributed by atoms with Gasteiger partial charge >= 0.3 is 0 Å². The van der Waals surface area contributed by atoms with Gasteiger partial charge in [-0.25, -0.2) is 0 Å². The van der Waals surface area contributed by atoms with Crippen molar-refractivity contribution in [2.75, 3.05) is 13.7 Å². The van der Waals surface area contributed by atoms with E-state index >= 15 is 0 Å². The lowest BCUT2D eigenvalue weighted by atomic mass is 9.99. The van der Waals surface area contributed by atoms with Gasteiger partial charge in [-0.1, -0.05) is 36.1 Å². The summed E-state index contributed by atoms with van der Waals surface area (Å²) in [5.41, 5.74) is 2.41. The van der Waals surface area contributed by atoms with E-state index in [-0.39, 0.29) is 11.7 Å². The Kier molecular flexibility index (Phi) is 6.36. The van der Waals surface area contributed by atoms with E-state index in [9.17, 15) is 9.90 Å². The minimum atomic E-state index is -0.108. The van der Waals surface area contributed by atoms with Gasteiger partial charge in [-0.2, -0.15) is 0 Å². The van der Waals surface area contributed by atoms with Gasteiger partial charge in [0, 0.05) is 0 Å². The number of thioether (sulfide) groups is 1. The second-order valence-corrected chi connectivity index (χ2v) is 6.97. The number of nitrogens with one attached hydrogen (secondary N) is 1. The highest BCUT2D eigenvalue weighted by Crippen LogP contribution is 2.34. The van der Waals surface area contributed by atoms with E-state index < -0.39 is 0 Å². The van der Waals surface area contributed by atoms with Crippen LogP contribution in [-0.4, -0.2) is 34.0 Å². The van der Waals surface area contributed by atoms with Crippen LogP contribution < -0.4 is 5.32 Å². The highest BCUT2D eigenvalue weighted by molar-refractivity contribution is 8.26. The molecule has 0 aliphatic carbocycles. The van der Waals surface area contributed by atoms with E-state index in [0.29, 0.717) is 28.7 Å². The van der Waals surface area contributed by atoms with Gasteiger partial charge in [0.25, 0.3) is 5.91 Å². The first-order valence-corrected chi connectivity index (χ1v) is 8.70. The Morgan fingerprint density at radius 3 is 2.38 bits per heavy atom. The van der Waals surface area contributed by atoms with Crippen molar-refractivity contribution in [1.82, 2.24) is 10.2 Å². The van der Waals surface area contributed by atoms with Crippen LogP contribution in [0, 0.1) is 0 Å². The zero-order valence-electron chi connectivity index (χ0n) is 13.5. The highest BCUT2D eigenvalue weighted by atomic mass is 32.2. The zero-order valence-corrected chi connectivity index (χ0v) is 15.2. The summed E-state index contributed by atoms with van der Waals surface area (Å²) >= 11 is 6.54. The lowest BCUT2D eigenvalue weighted by molar-refractivity contribution is -0.122. The number of hydrogen-bond donors (Lipinski definition) is 2. The maximum atomic E-state index is 12.4. The van der Waals surface area contributed by atoms with Crippen molar-refractivity contribution < 1.29 is 9.90 Å². The van der Waals surface area contributed by atoms with Crippen LogP contribution in [0.15, 0.2) is 42.3 Å². The van der Waals surface area contributed by atoms with E-state index in [4.69, 9.17) is 12.2 Å². The molecule has 1 aliphatic rings. The molecule has 1 saturated heterocycles. The number of aromatic hydroxyl groups is 1. The third kappa shape index (κ3) is 3.95. The molecule has 0 radical (unpaired) electrons. The molecular weight excluding hydrogens is 340 g/mol. The van der Waals surface area contributed by atoms with E-state index in [2.05, 4.69) is 18.5 Å². The lowest BCUT2D eigenvalue weighted by Crippen LogP contribution is -2.35. The Balaban J connectivity index is 2.41. The molecule has 4 nitrogen and oxygen atoms in total. The maximum Gasteiger partial charge on any atom is 0.267 e. The minimum absolute atomic E-state index is 0.108. The fraction of sp³-hybridized carbons (Fsp3) is 0.222. The summed E-state index contributed by atoms with van der Waals surface area (Å²) in [6.45, 7) is 7.83. The van der Waals surface area contributed by atoms with Gasteiger partial charge < -0.3 is 10.4 Å². The number of amides is 1. The van der Waals surface area contributed by atoms with Crippen molar-refractivity contribution in [3.05, 3.63) is 59.0 Å². The molecule has 0 saturated carbocycles. The highest BCUT2D eigenvalue weighted by Gasteiger charge is 2.31. The number of phenolic OH excluding ortho intramolecular Hbond substituents is 1. The van der Waals surface area contributed by atoms with Crippen LogP contribution >= 0.6 is 24.0 Å². The van der Waals surface area contributed by atoms with Crippen LogP contribution in [0.5, 0.6) is 5.75 Å². The molecule has 0 unspecified atom stereocenters. The van der Waals surface area contributed by atoms with Crippen LogP contribution in [-0.2, 0) is 17.6 Å². The summed E-state index contributed by atoms with van der Waals surface area (Å²) in [7, 11) is 1.77. The Bertz CT molecular complexity index is 695. The van der Waals surface area contributed by atoms with Crippen LogP contribution in [0.1, 0.15) is 16.7 Å². The van der Waals surface area contributed by atoms with Gasteiger partial charge in [0.2, 0.25) is 0 Å². The molecule has 0 aromatic heterocycles. The first kappa shape index (κ1) is 18.4. The van der Waals surface area contributed by atoms with Gasteiger partial charge in [-0.05, 0) is 54.8 Å². The summed E-state index contributed by atoms with van der Waals surface area (Å²) in [4.78, 5) is 14.5. The normalized spacial score (nSPS) is 16.0. The molecule has 1 heterocycles. The number of carbonyl (C=O) groups is 1.